The highest BCUT2D eigenvalue weighted by molar-refractivity contribution is 6.32. The molecule has 234 valence electrons. The van der Waals surface area contributed by atoms with E-state index in [2.05, 4.69) is 165 Å². The molecule has 0 atom stereocenters. The molecule has 0 heterocycles. The maximum atomic E-state index is 2.47. The highest BCUT2D eigenvalue weighted by Gasteiger charge is 2.22. The zero-order valence-corrected chi connectivity index (χ0v) is 29.4. The van der Waals surface area contributed by atoms with E-state index in [0.29, 0.717) is 0 Å². The van der Waals surface area contributed by atoms with Crippen molar-refractivity contribution >= 4 is 32.3 Å². The highest BCUT2D eigenvalue weighted by atomic mass is 14.3. The maximum Gasteiger partial charge on any atom is -0.00139 e. The van der Waals surface area contributed by atoms with Crippen LogP contribution < -0.4 is 0 Å². The van der Waals surface area contributed by atoms with Crippen molar-refractivity contribution in [1.82, 2.24) is 0 Å². The summed E-state index contributed by atoms with van der Waals surface area (Å²) in [4.78, 5) is 0. The van der Waals surface area contributed by atoms with Crippen LogP contribution >= 0.6 is 0 Å². The Morgan fingerprint density at radius 2 is 0.604 bits per heavy atom. The predicted octanol–water partition coefficient (Wildman–Crippen LogP) is 13.7. The molecule has 0 unspecified atom stereocenters. The van der Waals surface area contributed by atoms with E-state index in [1.54, 1.807) is 0 Å². The van der Waals surface area contributed by atoms with Crippen molar-refractivity contribution in [2.24, 2.45) is 0 Å². The Labute approximate surface area is 285 Å². The number of benzene rings is 8. The average molecular weight is 619 g/mol. The summed E-state index contributed by atoms with van der Waals surface area (Å²) in [6.07, 6.45) is 0. The molecule has 0 aliphatic heterocycles. The normalized spacial score (nSPS) is 11.8. The molecule has 8 aromatic rings. The van der Waals surface area contributed by atoms with Gasteiger partial charge < -0.3 is 0 Å². The number of hydrogen-bond acceptors (Lipinski definition) is 0. The molecule has 0 nitrogen and oxygen atoms in total. The fourth-order valence-corrected chi connectivity index (χ4v) is 7.88. The van der Waals surface area contributed by atoms with Gasteiger partial charge in [-0.05, 0) is 189 Å². The standard InChI is InChI=1S/C48H42/c1-27-12-15-35(22-32(27)6)42-25-43(36-16-13-28(2)33(7)23-36)39-20-21-41-45(46-30(4)10-9-11-31(46)5)26-44(37-17-14-29(3)34(8)24-37)40-19-18-38(42)47(39)48(40)41/h9-26H,1-8H3. The molecule has 48 heavy (non-hydrogen) atoms. The number of hydrogen-bond donors (Lipinski definition) is 0. The minimum Gasteiger partial charge on any atom is -0.0617 e. The Hall–Kier alpha value is -5.20. The van der Waals surface area contributed by atoms with Gasteiger partial charge in [-0.3, -0.25) is 0 Å². The molecule has 0 aliphatic rings. The van der Waals surface area contributed by atoms with Gasteiger partial charge in [0.25, 0.3) is 0 Å². The maximum absolute atomic E-state index is 2.47. The Morgan fingerprint density at radius 1 is 0.271 bits per heavy atom. The minimum atomic E-state index is 1.27. The lowest BCUT2D eigenvalue weighted by atomic mass is 9.80. The Bertz CT molecular complexity index is 2480. The van der Waals surface area contributed by atoms with Crippen molar-refractivity contribution in [3.8, 4) is 44.5 Å². The van der Waals surface area contributed by atoms with Crippen molar-refractivity contribution in [3.05, 3.63) is 154 Å². The first-order chi connectivity index (χ1) is 23.1. The van der Waals surface area contributed by atoms with Crippen molar-refractivity contribution in [2.45, 2.75) is 55.4 Å². The molecule has 0 bridgehead atoms. The van der Waals surface area contributed by atoms with Crippen molar-refractivity contribution in [2.75, 3.05) is 0 Å². The van der Waals surface area contributed by atoms with Crippen molar-refractivity contribution in [3.63, 3.8) is 0 Å². The Balaban J connectivity index is 1.60. The van der Waals surface area contributed by atoms with Crippen LogP contribution in [0.25, 0.3) is 76.8 Å². The van der Waals surface area contributed by atoms with Gasteiger partial charge in [0.05, 0.1) is 0 Å². The van der Waals surface area contributed by atoms with Crippen LogP contribution in [0.2, 0.25) is 0 Å². The molecule has 0 saturated heterocycles. The molecule has 0 heteroatoms. The van der Waals surface area contributed by atoms with Gasteiger partial charge in [-0.2, -0.15) is 0 Å². The quantitative estimate of drug-likeness (QED) is 0.172. The average Bonchev–Trinajstić information content (AvgIpc) is 3.07. The van der Waals surface area contributed by atoms with Crippen LogP contribution in [-0.2, 0) is 0 Å². The summed E-state index contributed by atoms with van der Waals surface area (Å²) in [7, 11) is 0. The summed E-state index contributed by atoms with van der Waals surface area (Å²) in [6, 6.07) is 42.0. The first-order valence-corrected chi connectivity index (χ1v) is 17.2. The van der Waals surface area contributed by atoms with E-state index in [0.717, 1.165) is 0 Å². The lowest BCUT2D eigenvalue weighted by molar-refractivity contribution is 1.34. The smallest absolute Gasteiger partial charge is 0.00139 e. The van der Waals surface area contributed by atoms with Gasteiger partial charge in [-0.1, -0.05) is 97.1 Å². The van der Waals surface area contributed by atoms with E-state index in [1.807, 2.05) is 0 Å². The van der Waals surface area contributed by atoms with Gasteiger partial charge in [-0.25, -0.2) is 0 Å². The second kappa shape index (κ2) is 11.2. The summed E-state index contributed by atoms with van der Waals surface area (Å²) in [6.45, 7) is 17.8. The van der Waals surface area contributed by atoms with E-state index < -0.39 is 0 Å². The van der Waals surface area contributed by atoms with E-state index in [4.69, 9.17) is 0 Å². The SMILES string of the molecule is Cc1ccc(-c2cc(-c3ccc(C)c(C)c3)c3ccc4c(-c5c(C)cccc5C)cc(-c5ccc(C)c(C)c5)c5ccc2c3c54)cc1C. The van der Waals surface area contributed by atoms with Crippen LogP contribution in [0.15, 0.2) is 109 Å². The van der Waals surface area contributed by atoms with Crippen molar-refractivity contribution in [1.29, 1.82) is 0 Å². The molecular weight excluding hydrogens is 577 g/mol. The topological polar surface area (TPSA) is 0 Å². The highest BCUT2D eigenvalue weighted by Crippen LogP contribution is 2.49. The Morgan fingerprint density at radius 3 is 0.958 bits per heavy atom. The third kappa shape index (κ3) is 4.66. The zero-order chi connectivity index (χ0) is 33.4. The second-order valence-corrected chi connectivity index (χ2v) is 14.2. The van der Waals surface area contributed by atoms with Gasteiger partial charge in [-0.15, -0.1) is 0 Å². The van der Waals surface area contributed by atoms with Gasteiger partial charge in [0.2, 0.25) is 0 Å². The van der Waals surface area contributed by atoms with Crippen LogP contribution in [0.1, 0.15) is 44.5 Å². The second-order valence-electron chi connectivity index (χ2n) is 14.2. The molecule has 0 aromatic heterocycles. The third-order valence-corrected chi connectivity index (χ3v) is 11.1. The predicted molar refractivity (Wildman–Crippen MR) is 210 cm³/mol. The summed E-state index contributed by atoms with van der Waals surface area (Å²) < 4.78 is 0. The van der Waals surface area contributed by atoms with E-state index >= 15 is 0 Å². The van der Waals surface area contributed by atoms with E-state index in [1.165, 1.54) is 121 Å². The van der Waals surface area contributed by atoms with Gasteiger partial charge in [0.1, 0.15) is 0 Å². The van der Waals surface area contributed by atoms with Crippen LogP contribution in [0.5, 0.6) is 0 Å². The summed E-state index contributed by atoms with van der Waals surface area (Å²) in [5, 5.41) is 7.95. The van der Waals surface area contributed by atoms with Gasteiger partial charge in [0, 0.05) is 0 Å². The van der Waals surface area contributed by atoms with Crippen LogP contribution in [-0.4, -0.2) is 0 Å². The lowest BCUT2D eigenvalue weighted by Crippen LogP contribution is -1.96. The van der Waals surface area contributed by atoms with Crippen molar-refractivity contribution < 1.29 is 0 Å². The first-order valence-electron chi connectivity index (χ1n) is 17.2. The van der Waals surface area contributed by atoms with Gasteiger partial charge >= 0.3 is 0 Å². The van der Waals surface area contributed by atoms with E-state index in [-0.39, 0.29) is 0 Å². The number of aryl methyl sites for hydroxylation is 8. The largest absolute Gasteiger partial charge is 0.0617 e. The molecule has 0 fully saturated rings. The summed E-state index contributed by atoms with van der Waals surface area (Å²) >= 11 is 0. The van der Waals surface area contributed by atoms with E-state index in [9.17, 15) is 0 Å². The summed E-state index contributed by atoms with van der Waals surface area (Å²) in [5.74, 6) is 0. The molecule has 0 aliphatic carbocycles. The minimum absolute atomic E-state index is 1.27. The van der Waals surface area contributed by atoms with Crippen LogP contribution in [0.4, 0.5) is 0 Å². The molecular formula is C48H42. The fourth-order valence-electron chi connectivity index (χ4n) is 7.88. The lowest BCUT2D eigenvalue weighted by Gasteiger charge is -2.23. The number of rotatable bonds is 4. The third-order valence-electron chi connectivity index (χ3n) is 11.1. The zero-order valence-electron chi connectivity index (χ0n) is 29.4. The first kappa shape index (κ1) is 30.2. The molecule has 8 rings (SSSR count). The molecule has 0 amide bonds. The van der Waals surface area contributed by atoms with Crippen LogP contribution in [0, 0.1) is 55.4 Å². The fraction of sp³-hybridized carbons (Fsp3) is 0.167. The van der Waals surface area contributed by atoms with Crippen LogP contribution in [0.3, 0.4) is 0 Å². The molecule has 0 N–H and O–H groups in total. The monoisotopic (exact) mass is 618 g/mol. The Kier molecular flexibility index (Phi) is 7.04. The molecule has 0 radical (unpaired) electrons. The summed E-state index contributed by atoms with van der Waals surface area (Å²) in [5.41, 5.74) is 20.9. The molecule has 0 saturated carbocycles. The van der Waals surface area contributed by atoms with Gasteiger partial charge in [0.15, 0.2) is 0 Å². The molecule has 8 aromatic carbocycles. The molecule has 0 spiro atoms.